The number of hydrogen-bond donors (Lipinski definition) is 2. The average Bonchev–Trinajstić information content (AvgIpc) is 3.01. The van der Waals surface area contributed by atoms with Gasteiger partial charge in [0.2, 0.25) is 0 Å². The molecule has 2 rings (SSSR count). The highest BCUT2D eigenvalue weighted by atomic mass is 35.5. The van der Waals surface area contributed by atoms with Crippen molar-refractivity contribution in [1.29, 1.82) is 0 Å². The number of nitrogens with one attached hydrogen (secondary N) is 2. The summed E-state index contributed by atoms with van der Waals surface area (Å²) in [5.74, 6) is 0. The minimum absolute atomic E-state index is 0.242. The summed E-state index contributed by atoms with van der Waals surface area (Å²) in [7, 11) is 0. The molecule has 0 unspecified atom stereocenters. The Bertz CT molecular complexity index is 563. The van der Waals surface area contributed by atoms with E-state index < -0.39 is 11.7 Å². The van der Waals surface area contributed by atoms with Crippen LogP contribution in [-0.2, 0) is 10.9 Å². The minimum Gasteiger partial charge on any atom is -0.378 e. The lowest BCUT2D eigenvalue weighted by molar-refractivity contribution is -0.137. The molecule has 1 aliphatic rings. The number of thiocarbonyl (C=S) groups is 1. The quantitative estimate of drug-likeness (QED) is 0.537. The third-order valence-corrected chi connectivity index (χ3v) is 4.37. The molecule has 3 nitrogen and oxygen atoms in total. The van der Waals surface area contributed by atoms with Gasteiger partial charge in [0.1, 0.15) is 0 Å². The number of alkyl halides is 3. The number of rotatable bonds is 6. The maximum Gasteiger partial charge on any atom is 0.417 e. The van der Waals surface area contributed by atoms with Gasteiger partial charge in [-0.15, -0.1) is 0 Å². The van der Waals surface area contributed by atoms with Gasteiger partial charge >= 0.3 is 6.18 Å². The van der Waals surface area contributed by atoms with E-state index in [9.17, 15) is 13.2 Å². The predicted octanol–water partition coefficient (Wildman–Crippen LogP) is 4.99. The van der Waals surface area contributed by atoms with Gasteiger partial charge in [-0.05, 0) is 49.7 Å². The van der Waals surface area contributed by atoms with Gasteiger partial charge in [0, 0.05) is 18.8 Å². The largest absolute Gasteiger partial charge is 0.417 e. The topological polar surface area (TPSA) is 33.3 Å². The Morgan fingerprint density at radius 2 is 2.00 bits per heavy atom. The number of benzene rings is 1. The Morgan fingerprint density at radius 3 is 2.67 bits per heavy atom. The van der Waals surface area contributed by atoms with E-state index in [0.29, 0.717) is 19.3 Å². The van der Waals surface area contributed by atoms with Crippen LogP contribution in [0.15, 0.2) is 18.2 Å². The molecule has 0 atom stereocenters. The third-order valence-electron chi connectivity index (χ3n) is 3.79. The van der Waals surface area contributed by atoms with Crippen LogP contribution in [0.4, 0.5) is 18.9 Å². The molecule has 0 radical (unpaired) electrons. The highest BCUT2D eigenvalue weighted by Crippen LogP contribution is 2.36. The molecule has 1 fully saturated rings. The van der Waals surface area contributed by atoms with Crippen molar-refractivity contribution in [3.05, 3.63) is 28.8 Å². The molecular weight excluding hydrogens is 361 g/mol. The monoisotopic (exact) mass is 380 g/mol. The summed E-state index contributed by atoms with van der Waals surface area (Å²) in [6, 6.07) is 3.60. The van der Waals surface area contributed by atoms with Gasteiger partial charge in [0.15, 0.2) is 5.11 Å². The zero-order valence-electron chi connectivity index (χ0n) is 13.1. The van der Waals surface area contributed by atoms with Crippen LogP contribution >= 0.6 is 23.8 Å². The Balaban J connectivity index is 1.72. The summed E-state index contributed by atoms with van der Waals surface area (Å²) >= 11 is 10.7. The molecule has 0 heterocycles. The molecule has 134 valence electrons. The van der Waals surface area contributed by atoms with Gasteiger partial charge in [-0.2, -0.15) is 13.2 Å². The molecule has 1 aliphatic carbocycles. The van der Waals surface area contributed by atoms with Crippen molar-refractivity contribution in [2.45, 2.75) is 44.4 Å². The first-order valence-electron chi connectivity index (χ1n) is 7.89. The van der Waals surface area contributed by atoms with E-state index in [1.54, 1.807) is 0 Å². The molecule has 24 heavy (non-hydrogen) atoms. The van der Waals surface area contributed by atoms with E-state index in [1.165, 1.54) is 25.0 Å². The van der Waals surface area contributed by atoms with Crippen molar-refractivity contribution in [3.8, 4) is 0 Å². The summed E-state index contributed by atoms with van der Waals surface area (Å²) in [5, 5.41) is 5.62. The molecule has 0 spiro atoms. The Kier molecular flexibility index (Phi) is 7.13. The second-order valence-corrected chi connectivity index (χ2v) is 6.52. The molecule has 0 bridgehead atoms. The normalized spacial score (nSPS) is 15.5. The molecule has 1 aromatic rings. The first kappa shape index (κ1) is 19.3. The lowest BCUT2D eigenvalue weighted by Crippen LogP contribution is -2.30. The fraction of sp³-hybridized carbons (Fsp3) is 0.562. The lowest BCUT2D eigenvalue weighted by atomic mass is 10.2. The summed E-state index contributed by atoms with van der Waals surface area (Å²) < 4.78 is 44.1. The fourth-order valence-electron chi connectivity index (χ4n) is 2.57. The van der Waals surface area contributed by atoms with Gasteiger partial charge < -0.3 is 15.4 Å². The van der Waals surface area contributed by atoms with Crippen LogP contribution in [0.3, 0.4) is 0 Å². The minimum atomic E-state index is -4.50. The van der Waals surface area contributed by atoms with Crippen molar-refractivity contribution < 1.29 is 17.9 Å². The smallest absolute Gasteiger partial charge is 0.378 e. The first-order chi connectivity index (χ1) is 11.4. The highest BCUT2D eigenvalue weighted by Gasteiger charge is 2.33. The van der Waals surface area contributed by atoms with Crippen LogP contribution in [0.5, 0.6) is 0 Å². The van der Waals surface area contributed by atoms with Crippen molar-refractivity contribution in [2.24, 2.45) is 0 Å². The number of anilines is 1. The number of hydrogen-bond acceptors (Lipinski definition) is 2. The van der Waals surface area contributed by atoms with E-state index in [-0.39, 0.29) is 15.8 Å². The van der Waals surface area contributed by atoms with E-state index in [4.69, 9.17) is 28.6 Å². The Hall–Kier alpha value is -1.05. The van der Waals surface area contributed by atoms with Crippen LogP contribution in [-0.4, -0.2) is 24.4 Å². The summed E-state index contributed by atoms with van der Waals surface area (Å²) in [6.45, 7) is 1.25. The van der Waals surface area contributed by atoms with Crippen LogP contribution < -0.4 is 10.6 Å². The number of ether oxygens (including phenoxy) is 1. The molecule has 8 heteroatoms. The Labute approximate surface area is 149 Å². The highest BCUT2D eigenvalue weighted by molar-refractivity contribution is 7.80. The van der Waals surface area contributed by atoms with Crippen molar-refractivity contribution >= 4 is 34.6 Å². The van der Waals surface area contributed by atoms with Crippen LogP contribution in [0.2, 0.25) is 5.02 Å². The molecule has 0 aromatic heterocycles. The molecular formula is C16H20ClF3N2OS. The maximum atomic E-state index is 12.8. The summed E-state index contributed by atoms with van der Waals surface area (Å²) in [6.07, 6.45) is 1.39. The van der Waals surface area contributed by atoms with Crippen LogP contribution in [0, 0.1) is 0 Å². The van der Waals surface area contributed by atoms with Gasteiger partial charge in [0.05, 0.1) is 16.7 Å². The first-order valence-corrected chi connectivity index (χ1v) is 8.68. The zero-order chi connectivity index (χ0) is 17.6. The SMILES string of the molecule is FC(F)(F)c1cc(NC(=S)NCCCOC2CCCC2)ccc1Cl. The third kappa shape index (κ3) is 6.11. The van der Waals surface area contributed by atoms with E-state index in [0.717, 1.165) is 25.3 Å². The summed E-state index contributed by atoms with van der Waals surface area (Å²) in [5.41, 5.74) is -0.645. The second kappa shape index (κ2) is 8.87. The van der Waals surface area contributed by atoms with Crippen molar-refractivity contribution in [3.63, 3.8) is 0 Å². The van der Waals surface area contributed by atoms with Gasteiger partial charge in [-0.25, -0.2) is 0 Å². The van der Waals surface area contributed by atoms with Crippen LogP contribution in [0.1, 0.15) is 37.7 Å². The standard InChI is InChI=1S/C16H20ClF3N2OS/c17-14-7-6-11(10-13(14)16(18,19)20)22-15(24)21-8-3-9-23-12-4-1-2-5-12/h6-7,10,12H,1-5,8-9H2,(H2,21,22,24). The molecule has 0 amide bonds. The molecule has 2 N–H and O–H groups in total. The number of halogens is 4. The average molecular weight is 381 g/mol. The van der Waals surface area contributed by atoms with Gasteiger partial charge in [0.25, 0.3) is 0 Å². The molecule has 1 aromatic carbocycles. The van der Waals surface area contributed by atoms with E-state index in [2.05, 4.69) is 10.6 Å². The van der Waals surface area contributed by atoms with Gasteiger partial charge in [-0.3, -0.25) is 0 Å². The molecule has 0 saturated heterocycles. The molecule has 0 aliphatic heterocycles. The molecule has 1 saturated carbocycles. The van der Waals surface area contributed by atoms with Crippen LogP contribution in [0.25, 0.3) is 0 Å². The van der Waals surface area contributed by atoms with E-state index >= 15 is 0 Å². The fourth-order valence-corrected chi connectivity index (χ4v) is 3.02. The van der Waals surface area contributed by atoms with Crippen molar-refractivity contribution in [1.82, 2.24) is 5.32 Å². The zero-order valence-corrected chi connectivity index (χ0v) is 14.7. The summed E-state index contributed by atoms with van der Waals surface area (Å²) in [4.78, 5) is 0. The maximum absolute atomic E-state index is 12.8. The Morgan fingerprint density at radius 1 is 1.29 bits per heavy atom. The second-order valence-electron chi connectivity index (χ2n) is 5.70. The van der Waals surface area contributed by atoms with Gasteiger partial charge in [-0.1, -0.05) is 24.4 Å². The van der Waals surface area contributed by atoms with E-state index in [1.807, 2.05) is 0 Å². The van der Waals surface area contributed by atoms with Crippen molar-refractivity contribution in [2.75, 3.05) is 18.5 Å². The lowest BCUT2D eigenvalue weighted by Gasteiger charge is -2.14. The predicted molar refractivity (Wildman–Crippen MR) is 93.5 cm³/mol.